The molecule has 2 aromatic rings. The molecule has 0 radical (unpaired) electrons. The van der Waals surface area contributed by atoms with Gasteiger partial charge < -0.3 is 5.32 Å². The lowest BCUT2D eigenvalue weighted by atomic mass is 9.96. The van der Waals surface area contributed by atoms with Gasteiger partial charge in [0.25, 0.3) is 0 Å². The third kappa shape index (κ3) is 6.08. The van der Waals surface area contributed by atoms with E-state index in [2.05, 4.69) is 10.2 Å². The second-order valence-electron chi connectivity index (χ2n) is 8.80. The van der Waals surface area contributed by atoms with Gasteiger partial charge in [0.15, 0.2) is 0 Å². The van der Waals surface area contributed by atoms with Gasteiger partial charge in [0.2, 0.25) is 15.9 Å². The van der Waals surface area contributed by atoms with Crippen molar-refractivity contribution in [1.82, 2.24) is 9.21 Å². The number of benzene rings is 2. The highest BCUT2D eigenvalue weighted by atomic mass is 35.5. The molecule has 33 heavy (non-hydrogen) atoms. The highest BCUT2D eigenvalue weighted by Crippen LogP contribution is 2.26. The molecule has 0 saturated carbocycles. The Morgan fingerprint density at radius 3 is 2.36 bits per heavy atom. The predicted molar refractivity (Wildman–Crippen MR) is 132 cm³/mol. The highest BCUT2D eigenvalue weighted by molar-refractivity contribution is 7.89. The summed E-state index contributed by atoms with van der Waals surface area (Å²) in [5.74, 6) is -0.168. The average molecular weight is 510 g/mol. The predicted octanol–water partition coefficient (Wildman–Crippen LogP) is 5.02. The van der Waals surface area contributed by atoms with E-state index in [1.54, 1.807) is 34.6 Å². The number of piperidine rings is 2. The Hall–Kier alpha value is -1.64. The number of rotatable bonds is 6. The molecule has 1 N–H and O–H groups in total. The van der Waals surface area contributed by atoms with E-state index in [1.165, 1.54) is 0 Å². The summed E-state index contributed by atoms with van der Waals surface area (Å²) in [4.78, 5) is 15.4. The van der Waals surface area contributed by atoms with E-state index >= 15 is 0 Å². The van der Waals surface area contributed by atoms with Crippen LogP contribution in [0.1, 0.15) is 37.7 Å². The fourth-order valence-corrected chi connectivity index (χ4v) is 6.36. The number of carbonyl (C=O) groups is 1. The number of nitrogens with one attached hydrogen (secondary N) is 1. The maximum atomic E-state index is 12.9. The SMILES string of the molecule is O=C(Nc1ccc(S(=O)(=O)N2CCCCC2)cc1)C1CCCN(Cc2ccc(Cl)c(Cl)c2)C1. The van der Waals surface area contributed by atoms with Gasteiger partial charge in [0, 0.05) is 31.9 Å². The van der Waals surface area contributed by atoms with Crippen LogP contribution in [-0.4, -0.2) is 49.7 Å². The number of nitrogens with zero attached hydrogens (tertiary/aromatic N) is 2. The highest BCUT2D eigenvalue weighted by Gasteiger charge is 2.27. The zero-order valence-electron chi connectivity index (χ0n) is 18.5. The molecule has 1 unspecified atom stereocenters. The number of halogens is 2. The molecule has 0 aromatic heterocycles. The van der Waals surface area contributed by atoms with Crippen molar-refractivity contribution in [2.45, 2.75) is 43.5 Å². The van der Waals surface area contributed by atoms with Gasteiger partial charge in [0.05, 0.1) is 20.9 Å². The first-order valence-corrected chi connectivity index (χ1v) is 13.6. The molecule has 2 aliphatic rings. The van der Waals surface area contributed by atoms with E-state index in [-0.39, 0.29) is 16.7 Å². The van der Waals surface area contributed by atoms with Crippen LogP contribution in [0.4, 0.5) is 5.69 Å². The molecule has 9 heteroatoms. The second-order valence-corrected chi connectivity index (χ2v) is 11.6. The molecule has 2 fully saturated rings. The number of carbonyl (C=O) groups excluding carboxylic acids is 1. The minimum Gasteiger partial charge on any atom is -0.326 e. The summed E-state index contributed by atoms with van der Waals surface area (Å²) in [5, 5.41) is 4.03. The number of hydrogen-bond donors (Lipinski definition) is 1. The van der Waals surface area contributed by atoms with Crippen LogP contribution in [0.3, 0.4) is 0 Å². The van der Waals surface area contributed by atoms with E-state index in [9.17, 15) is 13.2 Å². The summed E-state index contributed by atoms with van der Waals surface area (Å²) in [6.45, 7) is 3.44. The average Bonchev–Trinajstić information content (AvgIpc) is 2.82. The molecule has 2 heterocycles. The van der Waals surface area contributed by atoms with E-state index < -0.39 is 10.0 Å². The van der Waals surface area contributed by atoms with Crippen molar-refractivity contribution in [3.8, 4) is 0 Å². The monoisotopic (exact) mass is 509 g/mol. The van der Waals surface area contributed by atoms with E-state index in [0.717, 1.165) is 44.2 Å². The first kappa shape index (κ1) is 24.5. The van der Waals surface area contributed by atoms with E-state index in [0.29, 0.717) is 41.9 Å². The van der Waals surface area contributed by atoms with Gasteiger partial charge in [-0.1, -0.05) is 35.7 Å². The van der Waals surface area contributed by atoms with Gasteiger partial charge >= 0.3 is 0 Å². The Morgan fingerprint density at radius 1 is 0.939 bits per heavy atom. The quantitative estimate of drug-likeness (QED) is 0.593. The minimum absolute atomic E-state index is 0.0412. The van der Waals surface area contributed by atoms with Crippen molar-refractivity contribution in [2.24, 2.45) is 5.92 Å². The molecule has 2 saturated heterocycles. The largest absolute Gasteiger partial charge is 0.326 e. The first-order valence-electron chi connectivity index (χ1n) is 11.4. The third-order valence-electron chi connectivity index (χ3n) is 6.34. The van der Waals surface area contributed by atoms with Gasteiger partial charge in [-0.2, -0.15) is 4.31 Å². The summed E-state index contributed by atoms with van der Waals surface area (Å²) in [6.07, 6.45) is 4.63. The number of hydrogen-bond acceptors (Lipinski definition) is 4. The number of anilines is 1. The standard InChI is InChI=1S/C24H29Cl2N3O3S/c25-22-11-6-18(15-23(22)26)16-28-12-4-5-19(17-28)24(30)27-20-7-9-21(10-8-20)33(31,32)29-13-2-1-3-14-29/h6-11,15,19H,1-5,12-14,16-17H2,(H,27,30). The van der Waals surface area contributed by atoms with Gasteiger partial charge in [-0.05, 0) is 74.2 Å². The summed E-state index contributed by atoms with van der Waals surface area (Å²) in [6, 6.07) is 12.1. The van der Waals surface area contributed by atoms with Crippen molar-refractivity contribution in [3.05, 3.63) is 58.1 Å². The molecule has 2 aromatic carbocycles. The maximum Gasteiger partial charge on any atom is 0.243 e. The number of likely N-dealkylation sites (tertiary alicyclic amines) is 1. The Kier molecular flexibility index (Phi) is 7.97. The number of sulfonamides is 1. The van der Waals surface area contributed by atoms with Crippen LogP contribution >= 0.6 is 23.2 Å². The summed E-state index contributed by atoms with van der Waals surface area (Å²) < 4.78 is 27.2. The third-order valence-corrected chi connectivity index (χ3v) is 8.99. The molecule has 4 rings (SSSR count). The van der Waals surface area contributed by atoms with Gasteiger partial charge in [-0.3, -0.25) is 9.69 Å². The van der Waals surface area contributed by atoms with Crippen LogP contribution in [0.15, 0.2) is 47.4 Å². The summed E-state index contributed by atoms with van der Waals surface area (Å²) >= 11 is 12.1. The van der Waals surface area contributed by atoms with Crippen molar-refractivity contribution < 1.29 is 13.2 Å². The lowest BCUT2D eigenvalue weighted by Gasteiger charge is -2.32. The molecule has 0 aliphatic carbocycles. The Labute approximate surface area is 205 Å². The molecule has 6 nitrogen and oxygen atoms in total. The molecule has 0 spiro atoms. The summed E-state index contributed by atoms with van der Waals surface area (Å²) in [5.41, 5.74) is 1.68. The minimum atomic E-state index is -3.47. The fourth-order valence-electron chi connectivity index (χ4n) is 4.52. The maximum absolute atomic E-state index is 12.9. The summed E-state index contributed by atoms with van der Waals surface area (Å²) in [7, 11) is -3.47. The Morgan fingerprint density at radius 2 is 1.67 bits per heavy atom. The molecular formula is C24H29Cl2N3O3S. The van der Waals surface area contributed by atoms with Crippen molar-refractivity contribution in [1.29, 1.82) is 0 Å². The normalized spacial score (nSPS) is 20.5. The molecule has 0 bridgehead atoms. The molecule has 178 valence electrons. The number of amides is 1. The zero-order valence-corrected chi connectivity index (χ0v) is 20.8. The smallest absolute Gasteiger partial charge is 0.243 e. The van der Waals surface area contributed by atoms with Gasteiger partial charge in [-0.25, -0.2) is 8.42 Å². The van der Waals surface area contributed by atoms with Crippen LogP contribution in [0, 0.1) is 5.92 Å². The van der Waals surface area contributed by atoms with Crippen LogP contribution in [0.2, 0.25) is 10.0 Å². The van der Waals surface area contributed by atoms with E-state index in [4.69, 9.17) is 23.2 Å². The van der Waals surface area contributed by atoms with Crippen LogP contribution in [0.5, 0.6) is 0 Å². The lowest BCUT2D eigenvalue weighted by Crippen LogP contribution is -2.40. The van der Waals surface area contributed by atoms with Crippen LogP contribution in [-0.2, 0) is 21.4 Å². The zero-order chi connectivity index (χ0) is 23.4. The first-order chi connectivity index (χ1) is 15.8. The molecule has 2 aliphatic heterocycles. The van der Waals surface area contributed by atoms with Crippen molar-refractivity contribution in [3.63, 3.8) is 0 Å². The fraction of sp³-hybridized carbons (Fsp3) is 0.458. The molecule has 1 atom stereocenters. The second kappa shape index (κ2) is 10.7. The van der Waals surface area contributed by atoms with Crippen molar-refractivity contribution >= 4 is 44.8 Å². The molecule has 1 amide bonds. The van der Waals surface area contributed by atoms with Gasteiger partial charge in [0.1, 0.15) is 0 Å². The molecular weight excluding hydrogens is 481 g/mol. The van der Waals surface area contributed by atoms with E-state index in [1.807, 2.05) is 12.1 Å². The van der Waals surface area contributed by atoms with Crippen LogP contribution in [0.25, 0.3) is 0 Å². The Balaban J connectivity index is 1.35. The van der Waals surface area contributed by atoms with Crippen LogP contribution < -0.4 is 5.32 Å². The van der Waals surface area contributed by atoms with Gasteiger partial charge in [-0.15, -0.1) is 0 Å². The Bertz CT molecular complexity index is 1090. The van der Waals surface area contributed by atoms with Crippen molar-refractivity contribution in [2.75, 3.05) is 31.5 Å². The lowest BCUT2D eigenvalue weighted by molar-refractivity contribution is -0.121. The topological polar surface area (TPSA) is 69.7 Å².